The van der Waals surface area contributed by atoms with Gasteiger partial charge in [0.2, 0.25) is 0 Å². The molecule has 1 saturated carbocycles. The van der Waals surface area contributed by atoms with Gasteiger partial charge in [0.15, 0.2) is 0 Å². The van der Waals surface area contributed by atoms with Crippen molar-refractivity contribution in [3.8, 4) is 5.75 Å². The number of benzene rings is 1. The lowest BCUT2D eigenvalue weighted by atomic mass is 9.84. The number of rotatable bonds is 5. The molecule has 1 fully saturated rings. The van der Waals surface area contributed by atoms with E-state index in [0.29, 0.717) is 12.1 Å². The highest BCUT2D eigenvalue weighted by Crippen LogP contribution is 2.28. The maximum absolute atomic E-state index is 5.21. The number of nitrogens with one attached hydrogen (secondary N) is 1. The second kappa shape index (κ2) is 6.95. The summed E-state index contributed by atoms with van der Waals surface area (Å²) in [5.74, 6) is 1.86. The van der Waals surface area contributed by atoms with E-state index in [2.05, 4.69) is 31.3 Å². The Morgan fingerprint density at radius 2 is 2.00 bits per heavy atom. The molecule has 0 aliphatic heterocycles. The van der Waals surface area contributed by atoms with Crippen molar-refractivity contribution >= 4 is 0 Å². The standard InChI is InChI=1S/C17H27NO/c1-4-14-6-5-7-16(12-14)18-13(2)15-8-10-17(19-3)11-9-15/h8-11,13-14,16,18H,4-7,12H2,1-3H3/t13-,14?,16?/m0/s1. The molecule has 2 heteroatoms. The van der Waals surface area contributed by atoms with Gasteiger partial charge in [-0.15, -0.1) is 0 Å². The Morgan fingerprint density at radius 3 is 2.63 bits per heavy atom. The molecule has 19 heavy (non-hydrogen) atoms. The van der Waals surface area contributed by atoms with Gasteiger partial charge >= 0.3 is 0 Å². The van der Waals surface area contributed by atoms with Gasteiger partial charge in [-0.25, -0.2) is 0 Å². The van der Waals surface area contributed by atoms with Crippen molar-refractivity contribution in [2.24, 2.45) is 5.92 Å². The summed E-state index contributed by atoms with van der Waals surface area (Å²) in [6.45, 7) is 4.58. The molecule has 2 nitrogen and oxygen atoms in total. The van der Waals surface area contributed by atoms with Gasteiger partial charge in [-0.05, 0) is 43.4 Å². The lowest BCUT2D eigenvalue weighted by molar-refractivity contribution is 0.266. The first-order chi connectivity index (χ1) is 9.22. The largest absolute Gasteiger partial charge is 0.497 e. The van der Waals surface area contributed by atoms with Crippen molar-refractivity contribution < 1.29 is 4.74 Å². The SMILES string of the molecule is CCC1CCCC(N[C@@H](C)c2ccc(OC)cc2)C1. The Morgan fingerprint density at radius 1 is 1.26 bits per heavy atom. The van der Waals surface area contributed by atoms with Crippen LogP contribution in [-0.4, -0.2) is 13.2 Å². The number of methoxy groups -OCH3 is 1. The highest BCUT2D eigenvalue weighted by atomic mass is 16.5. The van der Waals surface area contributed by atoms with Crippen LogP contribution in [0.1, 0.15) is 57.6 Å². The molecule has 2 unspecified atom stereocenters. The van der Waals surface area contributed by atoms with Crippen molar-refractivity contribution in [3.05, 3.63) is 29.8 Å². The highest BCUT2D eigenvalue weighted by molar-refractivity contribution is 5.28. The van der Waals surface area contributed by atoms with E-state index in [1.165, 1.54) is 37.7 Å². The number of ether oxygens (including phenoxy) is 1. The summed E-state index contributed by atoms with van der Waals surface area (Å²) in [4.78, 5) is 0. The molecule has 1 aromatic rings. The number of hydrogen-bond acceptors (Lipinski definition) is 2. The zero-order chi connectivity index (χ0) is 13.7. The first kappa shape index (κ1) is 14.4. The molecule has 1 N–H and O–H groups in total. The third-order valence-corrected chi connectivity index (χ3v) is 4.46. The fourth-order valence-electron chi connectivity index (χ4n) is 3.16. The van der Waals surface area contributed by atoms with E-state index in [1.54, 1.807) is 7.11 Å². The van der Waals surface area contributed by atoms with Gasteiger partial charge in [-0.2, -0.15) is 0 Å². The summed E-state index contributed by atoms with van der Waals surface area (Å²) in [5.41, 5.74) is 1.35. The summed E-state index contributed by atoms with van der Waals surface area (Å²) in [7, 11) is 1.71. The van der Waals surface area contributed by atoms with E-state index in [0.717, 1.165) is 11.7 Å². The molecule has 0 bridgehead atoms. The Labute approximate surface area is 117 Å². The van der Waals surface area contributed by atoms with E-state index in [4.69, 9.17) is 4.74 Å². The summed E-state index contributed by atoms with van der Waals surface area (Å²) >= 11 is 0. The van der Waals surface area contributed by atoms with Crippen LogP contribution in [0.2, 0.25) is 0 Å². The van der Waals surface area contributed by atoms with Crippen LogP contribution in [0, 0.1) is 5.92 Å². The highest BCUT2D eigenvalue weighted by Gasteiger charge is 2.22. The maximum atomic E-state index is 5.21. The predicted molar refractivity (Wildman–Crippen MR) is 80.6 cm³/mol. The van der Waals surface area contributed by atoms with E-state index in [-0.39, 0.29) is 0 Å². The predicted octanol–water partition coefficient (Wildman–Crippen LogP) is 4.31. The summed E-state index contributed by atoms with van der Waals surface area (Å²) < 4.78 is 5.21. The smallest absolute Gasteiger partial charge is 0.118 e. The van der Waals surface area contributed by atoms with Crippen LogP contribution >= 0.6 is 0 Å². The quantitative estimate of drug-likeness (QED) is 0.852. The molecular formula is C17H27NO. The second-order valence-corrected chi connectivity index (χ2v) is 5.80. The van der Waals surface area contributed by atoms with Crippen LogP contribution in [0.5, 0.6) is 5.75 Å². The van der Waals surface area contributed by atoms with E-state index in [1.807, 2.05) is 12.1 Å². The fraction of sp³-hybridized carbons (Fsp3) is 0.647. The third kappa shape index (κ3) is 3.97. The number of hydrogen-bond donors (Lipinski definition) is 1. The molecule has 3 atom stereocenters. The van der Waals surface area contributed by atoms with Gasteiger partial charge in [0, 0.05) is 12.1 Å². The normalized spacial score (nSPS) is 25.0. The van der Waals surface area contributed by atoms with Crippen LogP contribution in [0.4, 0.5) is 0 Å². The summed E-state index contributed by atoms with van der Waals surface area (Å²) in [6.07, 6.45) is 6.81. The minimum Gasteiger partial charge on any atom is -0.497 e. The molecular weight excluding hydrogens is 234 g/mol. The Kier molecular flexibility index (Phi) is 5.26. The lowest BCUT2D eigenvalue weighted by Gasteiger charge is -2.31. The van der Waals surface area contributed by atoms with Crippen LogP contribution in [-0.2, 0) is 0 Å². The van der Waals surface area contributed by atoms with Crippen molar-refractivity contribution in [2.45, 2.75) is 58.0 Å². The molecule has 106 valence electrons. The van der Waals surface area contributed by atoms with Crippen molar-refractivity contribution in [1.29, 1.82) is 0 Å². The Bertz CT molecular complexity index is 373. The summed E-state index contributed by atoms with van der Waals surface area (Å²) in [6, 6.07) is 9.53. The minimum absolute atomic E-state index is 0.423. The first-order valence-electron chi connectivity index (χ1n) is 7.63. The zero-order valence-electron chi connectivity index (χ0n) is 12.5. The van der Waals surface area contributed by atoms with E-state index >= 15 is 0 Å². The Balaban J connectivity index is 1.90. The van der Waals surface area contributed by atoms with E-state index < -0.39 is 0 Å². The fourth-order valence-corrected chi connectivity index (χ4v) is 3.16. The molecule has 0 amide bonds. The van der Waals surface area contributed by atoms with Gasteiger partial charge in [0.25, 0.3) is 0 Å². The zero-order valence-corrected chi connectivity index (χ0v) is 12.5. The topological polar surface area (TPSA) is 21.3 Å². The minimum atomic E-state index is 0.423. The monoisotopic (exact) mass is 261 g/mol. The van der Waals surface area contributed by atoms with Gasteiger partial charge in [0.1, 0.15) is 5.75 Å². The third-order valence-electron chi connectivity index (χ3n) is 4.46. The molecule has 0 heterocycles. The van der Waals surface area contributed by atoms with Crippen molar-refractivity contribution in [1.82, 2.24) is 5.32 Å². The van der Waals surface area contributed by atoms with Gasteiger partial charge in [0.05, 0.1) is 7.11 Å². The average Bonchev–Trinajstić information content (AvgIpc) is 2.47. The summed E-state index contributed by atoms with van der Waals surface area (Å²) in [5, 5.41) is 3.80. The Hall–Kier alpha value is -1.02. The molecule has 0 radical (unpaired) electrons. The van der Waals surface area contributed by atoms with Gasteiger partial charge in [-0.1, -0.05) is 38.3 Å². The maximum Gasteiger partial charge on any atom is 0.118 e. The van der Waals surface area contributed by atoms with Gasteiger partial charge < -0.3 is 10.1 Å². The molecule has 0 aromatic heterocycles. The first-order valence-corrected chi connectivity index (χ1v) is 7.63. The molecule has 0 spiro atoms. The molecule has 1 aliphatic rings. The van der Waals surface area contributed by atoms with Crippen molar-refractivity contribution in [3.63, 3.8) is 0 Å². The van der Waals surface area contributed by atoms with Crippen LogP contribution in [0.25, 0.3) is 0 Å². The average molecular weight is 261 g/mol. The lowest BCUT2D eigenvalue weighted by Crippen LogP contribution is -2.35. The molecule has 2 rings (SSSR count). The van der Waals surface area contributed by atoms with Crippen LogP contribution in [0.3, 0.4) is 0 Å². The molecule has 0 saturated heterocycles. The second-order valence-electron chi connectivity index (χ2n) is 5.80. The van der Waals surface area contributed by atoms with Crippen LogP contribution < -0.4 is 10.1 Å². The van der Waals surface area contributed by atoms with Crippen LogP contribution in [0.15, 0.2) is 24.3 Å². The van der Waals surface area contributed by atoms with Gasteiger partial charge in [-0.3, -0.25) is 0 Å². The molecule has 1 aliphatic carbocycles. The molecule has 1 aromatic carbocycles. The van der Waals surface area contributed by atoms with E-state index in [9.17, 15) is 0 Å². The van der Waals surface area contributed by atoms with Crippen molar-refractivity contribution in [2.75, 3.05) is 7.11 Å².